The number of fused-ring (bicyclic) bond motifs is 4. The Morgan fingerprint density at radius 3 is 2.97 bits per heavy atom. The summed E-state index contributed by atoms with van der Waals surface area (Å²) in [7, 11) is 1.87. The van der Waals surface area contributed by atoms with Crippen LogP contribution in [0.25, 0.3) is 10.9 Å². The monoisotopic (exact) mass is 447 g/mol. The zero-order chi connectivity index (χ0) is 22.5. The van der Waals surface area contributed by atoms with E-state index in [9.17, 15) is 9.18 Å². The van der Waals surface area contributed by atoms with Crippen molar-refractivity contribution < 1.29 is 13.9 Å². The number of ether oxygens (including phenoxy) is 1. The molecular weight excluding hydrogens is 417 g/mol. The van der Waals surface area contributed by atoms with Crippen molar-refractivity contribution in [2.45, 2.75) is 44.7 Å². The lowest BCUT2D eigenvalue weighted by molar-refractivity contribution is 0.0810. The predicted molar refractivity (Wildman–Crippen MR) is 126 cm³/mol. The SMILES string of the molecule is CN1Cc2ccc3c(c2C1=O)C[C@H](N(CCCc1c[nH]c2ccc(F)cc12)CC1CC1)CO3. The van der Waals surface area contributed by atoms with Crippen LogP contribution in [-0.2, 0) is 19.4 Å². The molecule has 3 heterocycles. The number of amides is 1. The van der Waals surface area contributed by atoms with Crippen LogP contribution >= 0.6 is 0 Å². The third kappa shape index (κ3) is 3.90. The minimum atomic E-state index is -0.190. The van der Waals surface area contributed by atoms with E-state index in [1.54, 1.807) is 11.0 Å². The van der Waals surface area contributed by atoms with Crippen molar-refractivity contribution in [3.63, 3.8) is 0 Å². The standard InChI is InChI=1S/C27H30FN3O2/c1-30-15-19-6-9-25-23(26(19)27(30)32)12-21(16-33-25)31(14-17-4-5-17)10-2-3-18-13-29-24-8-7-20(28)11-22(18)24/h6-9,11,13,17,21,29H,2-5,10,12,14-16H2,1H3/t21-/m0/s1. The van der Waals surface area contributed by atoms with Gasteiger partial charge in [-0.3, -0.25) is 9.69 Å². The molecule has 3 aliphatic rings. The lowest BCUT2D eigenvalue weighted by Crippen LogP contribution is -2.45. The number of H-pyrrole nitrogens is 1. The van der Waals surface area contributed by atoms with Gasteiger partial charge in [0.05, 0.1) is 5.56 Å². The molecule has 6 heteroatoms. The molecule has 1 amide bonds. The number of hydrogen-bond donors (Lipinski definition) is 1. The zero-order valence-corrected chi connectivity index (χ0v) is 19.1. The van der Waals surface area contributed by atoms with Crippen molar-refractivity contribution in [3.8, 4) is 5.75 Å². The number of carbonyl (C=O) groups is 1. The van der Waals surface area contributed by atoms with Gasteiger partial charge >= 0.3 is 0 Å². The Hall–Kier alpha value is -2.86. The highest BCUT2D eigenvalue weighted by molar-refractivity contribution is 6.00. The number of nitrogens with one attached hydrogen (secondary N) is 1. The lowest BCUT2D eigenvalue weighted by Gasteiger charge is -2.36. The molecule has 1 saturated carbocycles. The average molecular weight is 448 g/mol. The van der Waals surface area contributed by atoms with Gasteiger partial charge in [-0.1, -0.05) is 6.07 Å². The average Bonchev–Trinajstić information content (AvgIpc) is 3.48. The molecule has 172 valence electrons. The van der Waals surface area contributed by atoms with Gasteiger partial charge in [0.2, 0.25) is 0 Å². The molecule has 1 N–H and O–H groups in total. The highest BCUT2D eigenvalue weighted by Crippen LogP contribution is 2.37. The summed E-state index contributed by atoms with van der Waals surface area (Å²) in [6, 6.07) is 9.30. The van der Waals surface area contributed by atoms with Crippen molar-refractivity contribution in [3.05, 3.63) is 64.6 Å². The normalized spacial score (nSPS) is 19.8. The second kappa shape index (κ2) is 8.17. The Kier molecular flexibility index (Phi) is 5.13. The molecule has 5 nitrogen and oxygen atoms in total. The largest absolute Gasteiger partial charge is 0.492 e. The zero-order valence-electron chi connectivity index (χ0n) is 19.1. The summed E-state index contributed by atoms with van der Waals surface area (Å²) in [4.78, 5) is 20.4. The van der Waals surface area contributed by atoms with Crippen LogP contribution in [0.5, 0.6) is 5.75 Å². The van der Waals surface area contributed by atoms with E-state index in [0.29, 0.717) is 13.2 Å². The molecular formula is C27H30FN3O2. The molecule has 3 aromatic rings. The van der Waals surface area contributed by atoms with E-state index >= 15 is 0 Å². The molecule has 0 radical (unpaired) electrons. The third-order valence-corrected chi connectivity index (χ3v) is 7.52. The van der Waals surface area contributed by atoms with Crippen LogP contribution in [-0.4, -0.2) is 53.5 Å². The van der Waals surface area contributed by atoms with E-state index < -0.39 is 0 Å². The van der Waals surface area contributed by atoms with Crippen molar-refractivity contribution >= 4 is 16.8 Å². The van der Waals surface area contributed by atoms with Crippen LogP contribution < -0.4 is 4.74 Å². The smallest absolute Gasteiger partial charge is 0.254 e. The Morgan fingerprint density at radius 2 is 2.12 bits per heavy atom. The van der Waals surface area contributed by atoms with Crippen molar-refractivity contribution in [2.75, 3.05) is 26.7 Å². The summed E-state index contributed by atoms with van der Waals surface area (Å²) in [5.41, 5.74) is 5.23. The summed E-state index contributed by atoms with van der Waals surface area (Å²) < 4.78 is 19.9. The van der Waals surface area contributed by atoms with Gasteiger partial charge in [0, 0.05) is 48.8 Å². The van der Waals surface area contributed by atoms with Gasteiger partial charge in [0.15, 0.2) is 0 Å². The van der Waals surface area contributed by atoms with Gasteiger partial charge in [-0.05, 0) is 80.0 Å². The van der Waals surface area contributed by atoms with E-state index in [1.807, 2.05) is 31.4 Å². The maximum Gasteiger partial charge on any atom is 0.254 e. The number of aryl methyl sites for hydroxylation is 1. The molecule has 2 aliphatic heterocycles. The maximum atomic E-state index is 13.7. The molecule has 33 heavy (non-hydrogen) atoms. The third-order valence-electron chi connectivity index (χ3n) is 7.52. The Balaban J connectivity index is 1.18. The number of rotatable bonds is 7. The summed E-state index contributed by atoms with van der Waals surface area (Å²) in [5.74, 6) is 1.58. The molecule has 6 rings (SSSR count). The van der Waals surface area contributed by atoms with Crippen LogP contribution in [0, 0.1) is 11.7 Å². The molecule has 0 unspecified atom stereocenters. The van der Waals surface area contributed by atoms with E-state index in [1.165, 1.54) is 24.5 Å². The van der Waals surface area contributed by atoms with E-state index in [-0.39, 0.29) is 17.8 Å². The Bertz CT molecular complexity index is 1220. The second-order valence-electron chi connectivity index (χ2n) is 9.95. The number of halogens is 1. The number of carbonyl (C=O) groups excluding carboxylic acids is 1. The van der Waals surface area contributed by atoms with Crippen LogP contribution in [0.4, 0.5) is 4.39 Å². The van der Waals surface area contributed by atoms with E-state index in [0.717, 1.165) is 71.6 Å². The molecule has 0 spiro atoms. The van der Waals surface area contributed by atoms with Gasteiger partial charge < -0.3 is 14.6 Å². The first-order chi connectivity index (χ1) is 16.1. The number of nitrogens with zero attached hydrogens (tertiary/aromatic N) is 2. The van der Waals surface area contributed by atoms with Gasteiger partial charge in [-0.25, -0.2) is 4.39 Å². The van der Waals surface area contributed by atoms with Gasteiger partial charge in [-0.15, -0.1) is 0 Å². The minimum Gasteiger partial charge on any atom is -0.492 e. The van der Waals surface area contributed by atoms with Gasteiger partial charge in [0.25, 0.3) is 5.91 Å². The Morgan fingerprint density at radius 1 is 1.24 bits per heavy atom. The molecule has 1 aromatic heterocycles. The first-order valence-electron chi connectivity index (χ1n) is 12.1. The number of benzene rings is 2. The van der Waals surface area contributed by atoms with Crippen molar-refractivity contribution in [1.82, 2.24) is 14.8 Å². The first kappa shape index (κ1) is 20.7. The van der Waals surface area contributed by atoms with Crippen molar-refractivity contribution in [2.24, 2.45) is 5.92 Å². The Labute approximate surface area is 193 Å². The molecule has 0 saturated heterocycles. The van der Waals surface area contributed by atoms with Crippen molar-refractivity contribution in [1.29, 1.82) is 0 Å². The quantitative estimate of drug-likeness (QED) is 0.579. The van der Waals surface area contributed by atoms with Crippen LogP contribution in [0.2, 0.25) is 0 Å². The predicted octanol–water partition coefficient (Wildman–Crippen LogP) is 4.54. The molecule has 1 aliphatic carbocycles. The summed E-state index contributed by atoms with van der Waals surface area (Å²) >= 11 is 0. The fourth-order valence-electron chi connectivity index (χ4n) is 5.53. The lowest BCUT2D eigenvalue weighted by atomic mass is 9.93. The number of aromatic nitrogens is 1. The van der Waals surface area contributed by atoms with Crippen LogP contribution in [0.3, 0.4) is 0 Å². The summed E-state index contributed by atoms with van der Waals surface area (Å²) in [6.07, 6.45) is 7.41. The molecule has 2 aromatic carbocycles. The fourth-order valence-corrected chi connectivity index (χ4v) is 5.53. The molecule has 1 atom stereocenters. The summed E-state index contributed by atoms with van der Waals surface area (Å²) in [5, 5.41) is 0.983. The number of aromatic amines is 1. The molecule has 1 fully saturated rings. The van der Waals surface area contributed by atoms with Gasteiger partial charge in [0.1, 0.15) is 18.2 Å². The van der Waals surface area contributed by atoms with E-state index in [4.69, 9.17) is 4.74 Å². The number of hydrogen-bond acceptors (Lipinski definition) is 3. The van der Waals surface area contributed by atoms with Crippen LogP contribution in [0.15, 0.2) is 36.5 Å². The summed E-state index contributed by atoms with van der Waals surface area (Å²) in [6.45, 7) is 3.42. The highest BCUT2D eigenvalue weighted by atomic mass is 19.1. The highest BCUT2D eigenvalue weighted by Gasteiger charge is 2.35. The van der Waals surface area contributed by atoms with Crippen LogP contribution in [0.1, 0.15) is 46.3 Å². The van der Waals surface area contributed by atoms with Gasteiger partial charge in [-0.2, -0.15) is 0 Å². The maximum absolute atomic E-state index is 13.7. The minimum absolute atomic E-state index is 0.117. The van der Waals surface area contributed by atoms with E-state index in [2.05, 4.69) is 9.88 Å². The fraction of sp³-hybridized carbons (Fsp3) is 0.444. The first-order valence-corrected chi connectivity index (χ1v) is 12.1. The topological polar surface area (TPSA) is 48.6 Å². The molecule has 0 bridgehead atoms. The second-order valence-corrected chi connectivity index (χ2v) is 9.95.